The molecule has 2 aromatic rings. The number of nitrogens with one attached hydrogen (secondary N) is 2. The summed E-state index contributed by atoms with van der Waals surface area (Å²) in [4.78, 5) is 28.8. The van der Waals surface area contributed by atoms with Crippen molar-refractivity contribution in [2.75, 3.05) is 18.9 Å². The Kier molecular flexibility index (Phi) is 9.39. The minimum atomic E-state index is -0.0745. The van der Waals surface area contributed by atoms with E-state index in [1.165, 1.54) is 5.56 Å². The molecule has 0 aliphatic carbocycles. The maximum atomic E-state index is 12.7. The van der Waals surface area contributed by atoms with Gasteiger partial charge in [0.25, 0.3) is 0 Å². The molecule has 0 fully saturated rings. The minimum Gasteiger partial charge on any atom is -0.379 e. The van der Waals surface area contributed by atoms with Gasteiger partial charge in [0, 0.05) is 36.9 Å². The monoisotopic (exact) mass is 488 g/mol. The van der Waals surface area contributed by atoms with Crippen molar-refractivity contribution < 1.29 is 4.79 Å². The van der Waals surface area contributed by atoms with Gasteiger partial charge in [0.05, 0.1) is 30.4 Å². The molecule has 2 heterocycles. The van der Waals surface area contributed by atoms with Crippen LogP contribution >= 0.6 is 0 Å². The van der Waals surface area contributed by atoms with E-state index in [0.29, 0.717) is 0 Å². The summed E-state index contributed by atoms with van der Waals surface area (Å²) in [5.41, 5.74) is 6.99. The molecule has 1 aliphatic heterocycles. The second-order valence-corrected chi connectivity index (χ2v) is 9.54. The van der Waals surface area contributed by atoms with E-state index in [4.69, 9.17) is 4.99 Å². The number of hydrogen-bond acceptors (Lipinski definition) is 6. The Balaban J connectivity index is 1.65. The molecule has 2 atom stereocenters. The lowest BCUT2D eigenvalue weighted by Gasteiger charge is -2.22. The van der Waals surface area contributed by atoms with Gasteiger partial charge in [0.15, 0.2) is 0 Å². The van der Waals surface area contributed by atoms with Crippen LogP contribution in [-0.2, 0) is 17.6 Å². The van der Waals surface area contributed by atoms with Crippen LogP contribution in [0.3, 0.4) is 0 Å². The predicted molar refractivity (Wildman–Crippen MR) is 150 cm³/mol. The van der Waals surface area contributed by atoms with Crippen molar-refractivity contribution >= 4 is 23.6 Å². The van der Waals surface area contributed by atoms with Crippen LogP contribution in [0.4, 0.5) is 5.69 Å². The number of aromatic nitrogens is 1. The van der Waals surface area contributed by atoms with E-state index < -0.39 is 0 Å². The molecule has 1 aromatic carbocycles. The highest BCUT2D eigenvalue weighted by molar-refractivity contribution is 6.30. The summed E-state index contributed by atoms with van der Waals surface area (Å²) in [6.45, 7) is 13.4. The Hall–Kier alpha value is -3.48. The summed E-state index contributed by atoms with van der Waals surface area (Å²) in [7, 11) is 2.03. The first kappa shape index (κ1) is 27.1. The van der Waals surface area contributed by atoms with Crippen molar-refractivity contribution in [3.8, 4) is 0 Å². The smallest absolute Gasteiger partial charge is 0.230 e. The normalized spacial score (nSPS) is 17.0. The summed E-state index contributed by atoms with van der Waals surface area (Å²) in [5, 5.41) is 6.51. The highest BCUT2D eigenvalue weighted by atomic mass is 16.1. The zero-order valence-electron chi connectivity index (χ0n) is 22.7. The number of amidine groups is 1. The van der Waals surface area contributed by atoms with Crippen LogP contribution in [0.1, 0.15) is 68.2 Å². The van der Waals surface area contributed by atoms with E-state index in [9.17, 15) is 4.79 Å². The molecule has 1 unspecified atom stereocenters. The third-order valence-corrected chi connectivity index (χ3v) is 6.46. The fraction of sp³-hybridized carbons (Fsp3) is 0.448. The molecule has 0 radical (unpaired) electrons. The molecule has 36 heavy (non-hydrogen) atoms. The fourth-order valence-corrected chi connectivity index (χ4v) is 4.21. The van der Waals surface area contributed by atoms with E-state index >= 15 is 0 Å². The van der Waals surface area contributed by atoms with E-state index in [1.807, 2.05) is 51.4 Å². The van der Waals surface area contributed by atoms with Crippen molar-refractivity contribution in [3.63, 3.8) is 0 Å². The Bertz CT molecular complexity index is 1170. The van der Waals surface area contributed by atoms with Gasteiger partial charge in [-0.15, -0.1) is 0 Å². The molecule has 1 amide bonds. The van der Waals surface area contributed by atoms with Crippen molar-refractivity contribution in [1.82, 2.24) is 15.2 Å². The number of rotatable bonds is 9. The summed E-state index contributed by atoms with van der Waals surface area (Å²) in [6.07, 6.45) is 6.16. The quantitative estimate of drug-likeness (QED) is 0.512. The molecule has 0 spiro atoms. The van der Waals surface area contributed by atoms with Gasteiger partial charge in [-0.2, -0.15) is 0 Å². The van der Waals surface area contributed by atoms with Crippen LogP contribution in [0.2, 0.25) is 0 Å². The van der Waals surface area contributed by atoms with Gasteiger partial charge < -0.3 is 15.5 Å². The molecule has 7 heteroatoms. The molecular formula is C29H40N6O. The molecule has 1 aromatic heterocycles. The SMILES string of the molecule is CCCc1ccc(CC(=O)Nc2ccc(C)c([C@H](C)NC3=NC(C)/C(=C\N(C)CC)N=C3)c2)nc1C. The summed E-state index contributed by atoms with van der Waals surface area (Å²) >= 11 is 0. The second-order valence-electron chi connectivity index (χ2n) is 9.54. The van der Waals surface area contributed by atoms with Crippen LogP contribution in [0, 0.1) is 13.8 Å². The lowest BCUT2D eigenvalue weighted by Crippen LogP contribution is -2.32. The Morgan fingerprint density at radius 2 is 1.97 bits per heavy atom. The van der Waals surface area contributed by atoms with Gasteiger partial charge in [-0.3, -0.25) is 19.8 Å². The first-order chi connectivity index (χ1) is 17.2. The number of carbonyl (C=O) groups is 1. The molecule has 192 valence electrons. The number of amides is 1. The molecule has 0 bridgehead atoms. The molecule has 2 N–H and O–H groups in total. The molecule has 0 saturated heterocycles. The van der Waals surface area contributed by atoms with Crippen LogP contribution in [-0.4, -0.2) is 47.5 Å². The zero-order valence-corrected chi connectivity index (χ0v) is 22.7. The maximum Gasteiger partial charge on any atom is 0.230 e. The van der Waals surface area contributed by atoms with Crippen LogP contribution in [0.15, 0.2) is 52.2 Å². The van der Waals surface area contributed by atoms with E-state index in [2.05, 4.69) is 59.3 Å². The Morgan fingerprint density at radius 1 is 1.19 bits per heavy atom. The van der Waals surface area contributed by atoms with Crippen molar-refractivity contribution in [2.45, 2.75) is 72.9 Å². The summed E-state index contributed by atoms with van der Waals surface area (Å²) < 4.78 is 0. The van der Waals surface area contributed by atoms with Gasteiger partial charge in [-0.05, 0) is 75.9 Å². The zero-order chi connectivity index (χ0) is 26.2. The largest absolute Gasteiger partial charge is 0.379 e. The average molecular weight is 489 g/mol. The number of aliphatic imine (C=N–C) groups is 2. The maximum absolute atomic E-state index is 12.7. The van der Waals surface area contributed by atoms with Crippen LogP contribution in [0.25, 0.3) is 0 Å². The number of aryl methyl sites for hydroxylation is 3. The molecule has 0 saturated carbocycles. The fourth-order valence-electron chi connectivity index (χ4n) is 4.21. The molecule has 3 rings (SSSR count). The topological polar surface area (TPSA) is 82.0 Å². The van der Waals surface area contributed by atoms with Crippen molar-refractivity contribution in [3.05, 3.63) is 70.3 Å². The van der Waals surface area contributed by atoms with E-state index in [-0.39, 0.29) is 24.4 Å². The Labute approximate surface area is 215 Å². The number of nitrogens with zero attached hydrogens (tertiary/aromatic N) is 4. The highest BCUT2D eigenvalue weighted by Gasteiger charge is 2.17. The molecular weight excluding hydrogens is 448 g/mol. The standard InChI is InChI=1S/C29H40N6O/c1-8-10-23-12-14-25(31-20(23)4)16-29(36)34-24-13-11-19(3)26(15-24)21(5)32-28-17-30-27(22(6)33-28)18-35(7)9-2/h11-15,17-18,21-22H,8-10,16H2,1-7H3,(H,32,33)(H,34,36)/b27-18+/t21-,22?/m0/s1. The number of anilines is 1. The molecule has 7 nitrogen and oxygen atoms in total. The van der Waals surface area contributed by atoms with Crippen molar-refractivity contribution in [1.29, 1.82) is 0 Å². The van der Waals surface area contributed by atoms with Gasteiger partial charge in [0.1, 0.15) is 5.84 Å². The Morgan fingerprint density at radius 3 is 2.64 bits per heavy atom. The van der Waals surface area contributed by atoms with E-state index in [0.717, 1.165) is 59.1 Å². The minimum absolute atomic E-state index is 0.00137. The number of carbonyl (C=O) groups excluding carboxylic acids is 1. The second kappa shape index (κ2) is 12.5. The van der Waals surface area contributed by atoms with Gasteiger partial charge in [0.2, 0.25) is 5.91 Å². The van der Waals surface area contributed by atoms with Crippen molar-refractivity contribution in [2.24, 2.45) is 9.98 Å². The van der Waals surface area contributed by atoms with Crippen LogP contribution < -0.4 is 10.6 Å². The average Bonchev–Trinajstić information content (AvgIpc) is 2.83. The summed E-state index contributed by atoms with van der Waals surface area (Å²) in [6, 6.07) is 10.0. The first-order valence-corrected chi connectivity index (χ1v) is 12.9. The molecule has 1 aliphatic rings. The number of hydrogen-bond donors (Lipinski definition) is 2. The lowest BCUT2D eigenvalue weighted by molar-refractivity contribution is -0.115. The number of benzene rings is 1. The third kappa shape index (κ3) is 7.26. The highest BCUT2D eigenvalue weighted by Crippen LogP contribution is 2.23. The van der Waals surface area contributed by atoms with Gasteiger partial charge >= 0.3 is 0 Å². The van der Waals surface area contributed by atoms with Crippen LogP contribution in [0.5, 0.6) is 0 Å². The lowest BCUT2D eigenvalue weighted by atomic mass is 10.0. The predicted octanol–water partition coefficient (Wildman–Crippen LogP) is 5.15. The van der Waals surface area contributed by atoms with Gasteiger partial charge in [-0.1, -0.05) is 25.5 Å². The summed E-state index contributed by atoms with van der Waals surface area (Å²) in [5.74, 6) is 0.683. The van der Waals surface area contributed by atoms with Gasteiger partial charge in [-0.25, -0.2) is 0 Å². The van der Waals surface area contributed by atoms with E-state index in [1.54, 1.807) is 6.21 Å². The number of pyridine rings is 1. The first-order valence-electron chi connectivity index (χ1n) is 12.9. The third-order valence-electron chi connectivity index (χ3n) is 6.46.